The molecule has 0 aromatic carbocycles. The molecule has 74 valence electrons. The zero-order valence-electron chi connectivity index (χ0n) is 6.61. The van der Waals surface area contributed by atoms with E-state index in [1.165, 1.54) is 0 Å². The molecule has 0 saturated carbocycles. The second-order valence-corrected chi connectivity index (χ2v) is 3.54. The Bertz CT molecular complexity index is 160. The predicted octanol–water partition coefficient (Wildman–Crippen LogP) is 0.828. The lowest BCUT2D eigenvalue weighted by atomic mass is 10.8. The first-order valence-corrected chi connectivity index (χ1v) is 5.81. The summed E-state index contributed by atoms with van der Waals surface area (Å²) in [6.45, 7) is 1.94. The molecule has 12 heavy (non-hydrogen) atoms. The topological polar surface area (TPSA) is 82.1 Å². The van der Waals surface area contributed by atoms with Crippen LogP contribution in [-0.2, 0) is 22.7 Å². The van der Waals surface area contributed by atoms with Gasteiger partial charge in [-0.1, -0.05) is 0 Å². The van der Waals surface area contributed by atoms with Crippen molar-refractivity contribution in [2.75, 3.05) is 19.8 Å². The van der Waals surface area contributed by atoms with E-state index in [-0.39, 0.29) is 13.2 Å². The second kappa shape index (κ2) is 7.92. The molecule has 8 heteroatoms. The third-order valence-electron chi connectivity index (χ3n) is 0.791. The fourth-order valence-corrected chi connectivity index (χ4v) is 1.24. The van der Waals surface area contributed by atoms with Crippen molar-refractivity contribution in [2.24, 2.45) is 0 Å². The van der Waals surface area contributed by atoms with Crippen molar-refractivity contribution in [3.8, 4) is 0 Å². The highest BCUT2D eigenvalue weighted by atomic mass is 31.1. The molecule has 0 aromatic rings. The zero-order valence-corrected chi connectivity index (χ0v) is 8.61. The molecule has 6 nitrogen and oxygen atoms in total. The molecule has 0 spiro atoms. The minimum atomic E-state index is -2.91. The van der Waals surface area contributed by atoms with Crippen molar-refractivity contribution in [3.05, 3.63) is 0 Å². The van der Waals surface area contributed by atoms with Crippen LogP contribution in [0.3, 0.4) is 0 Å². The highest BCUT2D eigenvalue weighted by Crippen LogP contribution is 2.23. The molecular weight excluding hydrogens is 206 g/mol. The average Bonchev–Trinajstić information content (AvgIpc) is 1.98. The Morgan fingerprint density at radius 1 is 1.17 bits per heavy atom. The van der Waals surface area contributed by atoms with E-state index in [0.717, 1.165) is 0 Å². The Kier molecular flexibility index (Phi) is 8.12. The summed E-state index contributed by atoms with van der Waals surface area (Å²) in [5, 5.41) is 0. The van der Waals surface area contributed by atoms with Crippen LogP contribution in [0.25, 0.3) is 0 Å². The monoisotopic (exact) mass is 218 g/mol. The van der Waals surface area contributed by atoms with Crippen LogP contribution in [0.15, 0.2) is 0 Å². The summed E-state index contributed by atoms with van der Waals surface area (Å²) in [5.41, 5.74) is 0. The van der Waals surface area contributed by atoms with Crippen LogP contribution in [-0.4, -0.2) is 24.7 Å². The van der Waals surface area contributed by atoms with E-state index in [9.17, 15) is 9.13 Å². The Hall–Kier alpha value is 0.300. The first-order chi connectivity index (χ1) is 5.66. The SMILES string of the molecule is CCO[PH](=O)OCCO[PH](=O)O. The van der Waals surface area contributed by atoms with Crippen molar-refractivity contribution in [2.45, 2.75) is 6.92 Å². The predicted molar refractivity (Wildman–Crippen MR) is 43.8 cm³/mol. The van der Waals surface area contributed by atoms with E-state index < -0.39 is 16.5 Å². The Morgan fingerprint density at radius 2 is 1.75 bits per heavy atom. The molecule has 0 aliphatic heterocycles. The molecule has 2 atom stereocenters. The van der Waals surface area contributed by atoms with Crippen molar-refractivity contribution in [1.29, 1.82) is 0 Å². The van der Waals surface area contributed by atoms with Gasteiger partial charge in [0.05, 0.1) is 19.8 Å². The van der Waals surface area contributed by atoms with Crippen LogP contribution in [0.4, 0.5) is 0 Å². The van der Waals surface area contributed by atoms with Crippen molar-refractivity contribution < 1.29 is 27.6 Å². The summed E-state index contributed by atoms with van der Waals surface area (Å²) in [7, 11) is -5.35. The molecule has 0 aliphatic rings. The maximum absolute atomic E-state index is 10.6. The minimum absolute atomic E-state index is 0.00520. The summed E-state index contributed by atoms with van der Waals surface area (Å²) in [4.78, 5) is 8.19. The highest BCUT2D eigenvalue weighted by Gasteiger charge is 1.98. The molecule has 0 saturated heterocycles. The number of hydrogen-bond acceptors (Lipinski definition) is 5. The van der Waals surface area contributed by atoms with Crippen LogP contribution < -0.4 is 0 Å². The van der Waals surface area contributed by atoms with Gasteiger partial charge in [-0.05, 0) is 6.92 Å². The molecule has 1 N–H and O–H groups in total. The molecule has 0 amide bonds. The third-order valence-corrected chi connectivity index (χ3v) is 2.21. The van der Waals surface area contributed by atoms with Gasteiger partial charge in [0.25, 0.3) is 0 Å². The first kappa shape index (κ1) is 12.3. The normalized spacial score (nSPS) is 15.8. The maximum atomic E-state index is 10.6. The number of rotatable bonds is 7. The van der Waals surface area contributed by atoms with E-state index >= 15 is 0 Å². The van der Waals surface area contributed by atoms with E-state index in [1.807, 2.05) is 0 Å². The lowest BCUT2D eigenvalue weighted by Gasteiger charge is -2.02. The van der Waals surface area contributed by atoms with Crippen molar-refractivity contribution in [3.63, 3.8) is 0 Å². The Labute approximate surface area is 71.7 Å². The van der Waals surface area contributed by atoms with Gasteiger partial charge in [0, 0.05) is 0 Å². The maximum Gasteiger partial charge on any atom is 0.319 e. The van der Waals surface area contributed by atoms with E-state index in [4.69, 9.17) is 4.89 Å². The molecule has 0 rings (SSSR count). The average molecular weight is 218 g/mol. The van der Waals surface area contributed by atoms with E-state index in [2.05, 4.69) is 13.6 Å². The van der Waals surface area contributed by atoms with Gasteiger partial charge in [-0.2, -0.15) is 0 Å². The molecule has 0 fully saturated rings. The van der Waals surface area contributed by atoms with Gasteiger partial charge in [-0.3, -0.25) is 9.13 Å². The van der Waals surface area contributed by atoms with Gasteiger partial charge < -0.3 is 18.5 Å². The first-order valence-electron chi connectivity index (χ1n) is 3.32. The van der Waals surface area contributed by atoms with Gasteiger partial charge in [0.15, 0.2) is 0 Å². The van der Waals surface area contributed by atoms with E-state index in [1.54, 1.807) is 6.92 Å². The summed E-state index contributed by atoms with van der Waals surface area (Å²) >= 11 is 0. The summed E-state index contributed by atoms with van der Waals surface area (Å²) < 4.78 is 34.1. The lowest BCUT2D eigenvalue weighted by molar-refractivity contribution is 0.183. The van der Waals surface area contributed by atoms with Gasteiger partial charge in [0.2, 0.25) is 0 Å². The molecule has 0 radical (unpaired) electrons. The molecule has 0 aliphatic carbocycles. The molecule has 0 bridgehead atoms. The third kappa shape index (κ3) is 8.40. The zero-order chi connectivity index (χ0) is 9.40. The van der Waals surface area contributed by atoms with Crippen LogP contribution in [0.1, 0.15) is 6.92 Å². The standard InChI is InChI=1S/C4H12O6P2/c1-2-8-12(7)10-4-3-9-11(5)6/h11-12H,2-4H2,1H3,(H,5,6). The second-order valence-electron chi connectivity index (χ2n) is 1.65. The lowest BCUT2D eigenvalue weighted by Crippen LogP contribution is -1.96. The summed E-state index contributed by atoms with van der Waals surface area (Å²) in [5.74, 6) is 0. The van der Waals surface area contributed by atoms with Gasteiger partial charge in [-0.25, -0.2) is 0 Å². The van der Waals surface area contributed by atoms with Gasteiger partial charge in [0.1, 0.15) is 0 Å². The van der Waals surface area contributed by atoms with Gasteiger partial charge >= 0.3 is 16.5 Å². The van der Waals surface area contributed by atoms with Crippen LogP contribution >= 0.6 is 16.5 Å². The quantitative estimate of drug-likeness (QED) is 0.503. The number of hydrogen-bond donors (Lipinski definition) is 1. The smallest absolute Gasteiger partial charge is 0.319 e. The molecule has 0 heterocycles. The largest absolute Gasteiger partial charge is 0.326 e. The van der Waals surface area contributed by atoms with Crippen LogP contribution in [0.2, 0.25) is 0 Å². The summed E-state index contributed by atoms with van der Waals surface area (Å²) in [6.07, 6.45) is 0. The van der Waals surface area contributed by atoms with Crippen molar-refractivity contribution in [1.82, 2.24) is 0 Å². The van der Waals surface area contributed by atoms with Crippen LogP contribution in [0, 0.1) is 0 Å². The van der Waals surface area contributed by atoms with Crippen molar-refractivity contribution >= 4 is 16.5 Å². The molecule has 0 aromatic heterocycles. The fourth-order valence-electron chi connectivity index (χ4n) is 0.413. The highest BCUT2D eigenvalue weighted by molar-refractivity contribution is 7.33. The van der Waals surface area contributed by atoms with Crippen LogP contribution in [0.5, 0.6) is 0 Å². The fraction of sp³-hybridized carbons (Fsp3) is 1.00. The Balaban J connectivity index is 3.19. The molecule has 2 unspecified atom stereocenters. The van der Waals surface area contributed by atoms with E-state index in [0.29, 0.717) is 6.61 Å². The minimum Gasteiger partial charge on any atom is -0.326 e. The molecular formula is C4H12O6P2. The summed E-state index contributed by atoms with van der Waals surface area (Å²) in [6, 6.07) is 0. The van der Waals surface area contributed by atoms with Gasteiger partial charge in [-0.15, -0.1) is 0 Å². The Morgan fingerprint density at radius 3 is 2.25 bits per heavy atom.